The molecule has 0 saturated heterocycles. The molecule has 0 radical (unpaired) electrons. The highest BCUT2D eigenvalue weighted by atomic mass is 35.5. The first-order valence-corrected chi connectivity index (χ1v) is 8.51. The molecule has 4 rings (SSSR count). The van der Waals surface area contributed by atoms with E-state index in [1.165, 1.54) is 24.3 Å². The molecule has 1 aromatic heterocycles. The molecule has 128 valence electrons. The summed E-state index contributed by atoms with van der Waals surface area (Å²) in [5.74, 6) is -1.65. The van der Waals surface area contributed by atoms with Gasteiger partial charge in [0.2, 0.25) is 0 Å². The van der Waals surface area contributed by atoms with Gasteiger partial charge in [0.15, 0.2) is 0 Å². The predicted octanol–water partition coefficient (Wildman–Crippen LogP) is 6.02. The molecule has 1 aliphatic carbocycles. The number of aromatic nitrogens is 1. The molecule has 2 aromatic carbocycles. The molecule has 1 atom stereocenters. The summed E-state index contributed by atoms with van der Waals surface area (Å²) in [4.78, 5) is 3.22. The first-order chi connectivity index (χ1) is 12.0. The normalized spacial score (nSPS) is 16.7. The number of benzene rings is 2. The number of aromatic amines is 1. The number of H-pyrrole nitrogens is 1. The van der Waals surface area contributed by atoms with Crippen molar-refractivity contribution in [3.63, 3.8) is 0 Å². The molecular weight excluding hydrogens is 347 g/mol. The average Bonchev–Trinajstić information content (AvgIpc) is 2.97. The summed E-state index contributed by atoms with van der Waals surface area (Å²) in [6.07, 6.45) is 1.80. The standard InChI is InChI=1S/C20H15ClF3N/c21-13-3-1-4-16(24)20(13)18-10-12-9-11(7-8-17(12)25-18)19-14(22)5-2-6-15(19)23/h1-6,10-11,25H,7-9H2. The summed E-state index contributed by atoms with van der Waals surface area (Å²) in [6, 6.07) is 10.3. The van der Waals surface area contributed by atoms with E-state index in [1.54, 1.807) is 12.1 Å². The van der Waals surface area contributed by atoms with Gasteiger partial charge in [0.05, 0.1) is 16.3 Å². The third-order valence-electron chi connectivity index (χ3n) is 4.84. The molecule has 3 aromatic rings. The summed E-state index contributed by atoms with van der Waals surface area (Å²) in [5, 5.41) is 0.329. The zero-order valence-electron chi connectivity index (χ0n) is 13.3. The van der Waals surface area contributed by atoms with Gasteiger partial charge in [-0.15, -0.1) is 0 Å². The molecule has 0 bridgehead atoms. The molecule has 0 amide bonds. The molecule has 0 fully saturated rings. The number of fused-ring (bicyclic) bond motifs is 1. The number of aryl methyl sites for hydroxylation is 1. The van der Waals surface area contributed by atoms with E-state index >= 15 is 0 Å². The summed E-state index contributed by atoms with van der Waals surface area (Å²) in [6.45, 7) is 0. The van der Waals surface area contributed by atoms with Crippen molar-refractivity contribution in [2.75, 3.05) is 0 Å². The summed E-state index contributed by atoms with van der Waals surface area (Å²) in [5.41, 5.74) is 2.99. The lowest BCUT2D eigenvalue weighted by molar-refractivity contribution is 0.490. The van der Waals surface area contributed by atoms with Crippen molar-refractivity contribution < 1.29 is 13.2 Å². The van der Waals surface area contributed by atoms with Crippen LogP contribution < -0.4 is 0 Å². The van der Waals surface area contributed by atoms with Gasteiger partial charge in [-0.25, -0.2) is 13.2 Å². The topological polar surface area (TPSA) is 15.8 Å². The van der Waals surface area contributed by atoms with Crippen LogP contribution in [0.25, 0.3) is 11.3 Å². The molecule has 0 aliphatic heterocycles. The zero-order valence-corrected chi connectivity index (χ0v) is 14.0. The highest BCUT2D eigenvalue weighted by molar-refractivity contribution is 6.33. The van der Waals surface area contributed by atoms with Crippen LogP contribution in [0.3, 0.4) is 0 Å². The Balaban J connectivity index is 1.70. The van der Waals surface area contributed by atoms with Crippen LogP contribution in [0.4, 0.5) is 13.2 Å². The molecule has 0 saturated carbocycles. The Morgan fingerprint density at radius 3 is 2.36 bits per heavy atom. The molecule has 1 N–H and O–H groups in total. The van der Waals surface area contributed by atoms with Crippen molar-refractivity contribution >= 4 is 11.6 Å². The van der Waals surface area contributed by atoms with Gasteiger partial charge in [0.25, 0.3) is 0 Å². The second-order valence-electron chi connectivity index (χ2n) is 6.36. The van der Waals surface area contributed by atoms with Crippen LogP contribution in [0.2, 0.25) is 5.02 Å². The first kappa shape index (κ1) is 16.3. The van der Waals surface area contributed by atoms with E-state index in [-0.39, 0.29) is 11.5 Å². The van der Waals surface area contributed by atoms with Gasteiger partial charge in [-0.3, -0.25) is 0 Å². The van der Waals surface area contributed by atoms with Crippen LogP contribution in [0.1, 0.15) is 29.2 Å². The Bertz CT molecular complexity index is 908. The lowest BCUT2D eigenvalue weighted by Crippen LogP contribution is -2.14. The van der Waals surface area contributed by atoms with E-state index < -0.39 is 17.5 Å². The Labute approximate surface area is 148 Å². The molecule has 1 aliphatic rings. The fraction of sp³-hybridized carbons (Fsp3) is 0.200. The van der Waals surface area contributed by atoms with E-state index in [2.05, 4.69) is 4.98 Å². The molecular formula is C20H15ClF3N. The third-order valence-corrected chi connectivity index (χ3v) is 5.16. The lowest BCUT2D eigenvalue weighted by atomic mass is 9.82. The summed E-state index contributed by atoms with van der Waals surface area (Å²) < 4.78 is 42.3. The van der Waals surface area contributed by atoms with Crippen molar-refractivity contribution in [1.82, 2.24) is 4.98 Å². The fourth-order valence-electron chi connectivity index (χ4n) is 3.67. The molecule has 25 heavy (non-hydrogen) atoms. The summed E-state index contributed by atoms with van der Waals surface area (Å²) >= 11 is 6.13. The quantitative estimate of drug-likeness (QED) is 0.574. The largest absolute Gasteiger partial charge is 0.358 e. The Morgan fingerprint density at radius 2 is 1.64 bits per heavy atom. The van der Waals surface area contributed by atoms with Gasteiger partial charge in [-0.2, -0.15) is 0 Å². The molecule has 1 nitrogen and oxygen atoms in total. The van der Waals surface area contributed by atoms with E-state index in [9.17, 15) is 13.2 Å². The SMILES string of the molecule is Fc1cccc(Cl)c1-c1cc2c([nH]1)CCC(c1c(F)cccc1F)C2. The Hall–Kier alpha value is -2.20. The Morgan fingerprint density at radius 1 is 0.960 bits per heavy atom. The second kappa shape index (κ2) is 6.26. The number of hydrogen-bond acceptors (Lipinski definition) is 0. The molecule has 5 heteroatoms. The van der Waals surface area contributed by atoms with Crippen LogP contribution >= 0.6 is 11.6 Å². The highest BCUT2D eigenvalue weighted by Crippen LogP contribution is 2.38. The van der Waals surface area contributed by atoms with Gasteiger partial charge in [0, 0.05) is 11.3 Å². The van der Waals surface area contributed by atoms with Crippen LogP contribution in [0.15, 0.2) is 42.5 Å². The Kier molecular flexibility index (Phi) is 4.08. The second-order valence-corrected chi connectivity index (χ2v) is 6.77. The maximum absolute atomic E-state index is 14.1. The maximum atomic E-state index is 14.1. The first-order valence-electron chi connectivity index (χ1n) is 8.13. The number of halogens is 4. The summed E-state index contributed by atoms with van der Waals surface area (Å²) in [7, 11) is 0. The minimum atomic E-state index is -0.513. The molecule has 0 spiro atoms. The van der Waals surface area contributed by atoms with Gasteiger partial charge >= 0.3 is 0 Å². The monoisotopic (exact) mass is 361 g/mol. The van der Waals surface area contributed by atoms with Crippen molar-refractivity contribution in [1.29, 1.82) is 0 Å². The number of nitrogens with one attached hydrogen (secondary N) is 1. The van der Waals surface area contributed by atoms with Crippen LogP contribution in [0, 0.1) is 17.5 Å². The van der Waals surface area contributed by atoms with Crippen LogP contribution in [-0.4, -0.2) is 4.98 Å². The van der Waals surface area contributed by atoms with Crippen molar-refractivity contribution in [2.24, 2.45) is 0 Å². The average molecular weight is 362 g/mol. The van der Waals surface area contributed by atoms with Crippen molar-refractivity contribution in [3.05, 3.63) is 81.8 Å². The van der Waals surface area contributed by atoms with E-state index in [0.717, 1.165) is 11.3 Å². The van der Waals surface area contributed by atoms with E-state index in [0.29, 0.717) is 35.5 Å². The smallest absolute Gasteiger partial charge is 0.134 e. The zero-order chi connectivity index (χ0) is 17.6. The van der Waals surface area contributed by atoms with E-state index in [1.807, 2.05) is 6.07 Å². The van der Waals surface area contributed by atoms with Gasteiger partial charge < -0.3 is 4.98 Å². The van der Waals surface area contributed by atoms with E-state index in [4.69, 9.17) is 11.6 Å². The number of rotatable bonds is 2. The third kappa shape index (κ3) is 2.85. The minimum Gasteiger partial charge on any atom is -0.358 e. The minimum absolute atomic E-state index is 0.139. The molecule has 1 unspecified atom stereocenters. The highest BCUT2D eigenvalue weighted by Gasteiger charge is 2.27. The van der Waals surface area contributed by atoms with Crippen molar-refractivity contribution in [2.45, 2.75) is 25.2 Å². The van der Waals surface area contributed by atoms with Crippen LogP contribution in [0.5, 0.6) is 0 Å². The van der Waals surface area contributed by atoms with Crippen molar-refractivity contribution in [3.8, 4) is 11.3 Å². The predicted molar refractivity (Wildman–Crippen MR) is 92.3 cm³/mol. The lowest BCUT2D eigenvalue weighted by Gasteiger charge is -2.23. The van der Waals surface area contributed by atoms with Gasteiger partial charge in [0.1, 0.15) is 17.5 Å². The van der Waals surface area contributed by atoms with Crippen LogP contribution in [-0.2, 0) is 12.8 Å². The van der Waals surface area contributed by atoms with Gasteiger partial charge in [-0.05, 0) is 61.1 Å². The van der Waals surface area contributed by atoms with Gasteiger partial charge in [-0.1, -0.05) is 23.7 Å². The molecule has 1 heterocycles. The fourth-order valence-corrected chi connectivity index (χ4v) is 3.93. The number of hydrogen-bond donors (Lipinski definition) is 1. The maximum Gasteiger partial charge on any atom is 0.134 e.